The van der Waals surface area contributed by atoms with Crippen molar-refractivity contribution in [2.45, 2.75) is 33.2 Å². The molecule has 0 aromatic rings. The fraction of sp³-hybridized carbons (Fsp3) is 0.846. The summed E-state index contributed by atoms with van der Waals surface area (Å²) in [4.78, 5) is 25.4. The van der Waals surface area contributed by atoms with E-state index in [0.717, 1.165) is 24.6 Å². The van der Waals surface area contributed by atoms with E-state index < -0.39 is 0 Å². The minimum Gasteiger partial charge on any atom is -0.350 e. The maximum Gasteiger partial charge on any atom is 0.317 e. The van der Waals surface area contributed by atoms with Gasteiger partial charge >= 0.3 is 6.03 Å². The number of hydrogen-bond donors (Lipinski definition) is 2. The van der Waals surface area contributed by atoms with Gasteiger partial charge < -0.3 is 15.5 Å². The zero-order valence-corrected chi connectivity index (χ0v) is 13.1. The standard InChI is InChI=1S/C13H25N3O2S/c1-10-8-16(5-6-19-9-10)12(18)14-7-11(17)15-13(2,3)4/h10H,5-9H2,1-4H3,(H,14,18)(H,15,17)/t10-/m1/s1. The highest BCUT2D eigenvalue weighted by atomic mass is 32.2. The third-order valence-electron chi connectivity index (χ3n) is 2.64. The van der Waals surface area contributed by atoms with E-state index in [1.54, 1.807) is 4.90 Å². The molecule has 1 atom stereocenters. The van der Waals surface area contributed by atoms with Crippen LogP contribution in [0.5, 0.6) is 0 Å². The first kappa shape index (κ1) is 16.1. The van der Waals surface area contributed by atoms with Crippen LogP contribution in [0.15, 0.2) is 0 Å². The average Bonchev–Trinajstić information content (AvgIpc) is 2.48. The Morgan fingerprint density at radius 1 is 1.37 bits per heavy atom. The van der Waals surface area contributed by atoms with Crippen LogP contribution in [0.4, 0.5) is 4.79 Å². The summed E-state index contributed by atoms with van der Waals surface area (Å²) in [5, 5.41) is 5.51. The van der Waals surface area contributed by atoms with Gasteiger partial charge in [-0.3, -0.25) is 4.79 Å². The van der Waals surface area contributed by atoms with Crippen molar-refractivity contribution in [2.75, 3.05) is 31.1 Å². The minimum atomic E-state index is -0.268. The lowest BCUT2D eigenvalue weighted by Crippen LogP contribution is -2.49. The number of urea groups is 1. The van der Waals surface area contributed by atoms with Crippen LogP contribution in [0, 0.1) is 5.92 Å². The molecular weight excluding hydrogens is 262 g/mol. The van der Waals surface area contributed by atoms with Crippen molar-refractivity contribution in [3.63, 3.8) is 0 Å². The Morgan fingerprint density at radius 3 is 2.68 bits per heavy atom. The Balaban J connectivity index is 2.36. The Kier molecular flexibility index (Phi) is 5.97. The van der Waals surface area contributed by atoms with Gasteiger partial charge in [0.1, 0.15) is 0 Å². The van der Waals surface area contributed by atoms with E-state index in [1.165, 1.54) is 0 Å². The van der Waals surface area contributed by atoms with Crippen LogP contribution >= 0.6 is 11.8 Å². The van der Waals surface area contributed by atoms with Crippen molar-refractivity contribution in [1.29, 1.82) is 0 Å². The van der Waals surface area contributed by atoms with E-state index in [0.29, 0.717) is 5.92 Å². The first-order chi connectivity index (χ1) is 8.78. The number of thioether (sulfide) groups is 1. The molecule has 1 aliphatic heterocycles. The molecule has 0 aliphatic carbocycles. The average molecular weight is 287 g/mol. The Hall–Kier alpha value is -0.910. The van der Waals surface area contributed by atoms with Crippen LogP contribution < -0.4 is 10.6 Å². The molecule has 0 aromatic heterocycles. The van der Waals surface area contributed by atoms with Crippen molar-refractivity contribution in [2.24, 2.45) is 5.92 Å². The molecule has 0 saturated carbocycles. The third-order valence-corrected chi connectivity index (χ3v) is 3.92. The van der Waals surface area contributed by atoms with E-state index in [4.69, 9.17) is 0 Å². The van der Waals surface area contributed by atoms with Gasteiger partial charge in [-0.25, -0.2) is 4.79 Å². The molecule has 0 radical (unpaired) electrons. The largest absolute Gasteiger partial charge is 0.350 e. The molecule has 1 heterocycles. The van der Waals surface area contributed by atoms with Crippen LogP contribution in [-0.2, 0) is 4.79 Å². The van der Waals surface area contributed by atoms with Gasteiger partial charge in [0.25, 0.3) is 0 Å². The molecule has 6 heteroatoms. The summed E-state index contributed by atoms with van der Waals surface area (Å²) >= 11 is 1.88. The second kappa shape index (κ2) is 7.03. The number of nitrogens with one attached hydrogen (secondary N) is 2. The molecular formula is C13H25N3O2S. The lowest BCUT2D eigenvalue weighted by Gasteiger charge is -2.24. The highest BCUT2D eigenvalue weighted by Gasteiger charge is 2.20. The predicted octanol–water partition coefficient (Wildman–Crippen LogP) is 1.30. The Morgan fingerprint density at radius 2 is 2.05 bits per heavy atom. The molecule has 3 amide bonds. The lowest BCUT2D eigenvalue weighted by molar-refractivity contribution is -0.121. The van der Waals surface area contributed by atoms with Crippen LogP contribution in [-0.4, -0.2) is 53.5 Å². The van der Waals surface area contributed by atoms with Crippen LogP contribution in [0.3, 0.4) is 0 Å². The monoisotopic (exact) mass is 287 g/mol. The Labute approximate surface area is 119 Å². The fourth-order valence-electron chi connectivity index (χ4n) is 1.89. The number of carbonyl (C=O) groups excluding carboxylic acids is 2. The smallest absolute Gasteiger partial charge is 0.317 e. The first-order valence-electron chi connectivity index (χ1n) is 6.69. The molecule has 1 rings (SSSR count). The molecule has 0 unspecified atom stereocenters. The van der Waals surface area contributed by atoms with Crippen molar-refractivity contribution >= 4 is 23.7 Å². The topological polar surface area (TPSA) is 61.4 Å². The number of rotatable bonds is 2. The molecule has 19 heavy (non-hydrogen) atoms. The predicted molar refractivity (Wildman–Crippen MR) is 79.4 cm³/mol. The van der Waals surface area contributed by atoms with Gasteiger partial charge in [0.05, 0.1) is 6.54 Å². The maximum atomic E-state index is 12.0. The number of amides is 3. The quantitative estimate of drug-likeness (QED) is 0.804. The molecule has 1 fully saturated rings. The van der Waals surface area contributed by atoms with Gasteiger partial charge in [-0.1, -0.05) is 6.92 Å². The summed E-state index contributed by atoms with van der Waals surface area (Å²) in [5.41, 5.74) is -0.268. The SMILES string of the molecule is C[C@H]1CSCCN(C(=O)NCC(=O)NC(C)(C)C)C1. The van der Waals surface area contributed by atoms with Crippen molar-refractivity contribution in [1.82, 2.24) is 15.5 Å². The van der Waals surface area contributed by atoms with Gasteiger partial charge in [0.15, 0.2) is 0 Å². The molecule has 0 bridgehead atoms. The molecule has 2 N–H and O–H groups in total. The number of hydrogen-bond acceptors (Lipinski definition) is 3. The molecule has 110 valence electrons. The molecule has 1 aliphatic rings. The van der Waals surface area contributed by atoms with E-state index in [-0.39, 0.29) is 24.0 Å². The van der Waals surface area contributed by atoms with Gasteiger partial charge in [0, 0.05) is 24.4 Å². The van der Waals surface area contributed by atoms with E-state index in [2.05, 4.69) is 17.6 Å². The molecule has 5 nitrogen and oxygen atoms in total. The van der Waals surface area contributed by atoms with E-state index in [9.17, 15) is 9.59 Å². The Bertz CT molecular complexity index is 328. The van der Waals surface area contributed by atoms with Crippen molar-refractivity contribution < 1.29 is 9.59 Å². The van der Waals surface area contributed by atoms with E-state index in [1.807, 2.05) is 32.5 Å². The van der Waals surface area contributed by atoms with Crippen molar-refractivity contribution in [3.05, 3.63) is 0 Å². The highest BCUT2D eigenvalue weighted by Crippen LogP contribution is 2.15. The zero-order chi connectivity index (χ0) is 14.5. The van der Waals surface area contributed by atoms with Crippen LogP contribution in [0.25, 0.3) is 0 Å². The van der Waals surface area contributed by atoms with Crippen molar-refractivity contribution in [3.8, 4) is 0 Å². The van der Waals surface area contributed by atoms with Crippen LogP contribution in [0.2, 0.25) is 0 Å². The summed E-state index contributed by atoms with van der Waals surface area (Å²) in [6.45, 7) is 9.45. The van der Waals surface area contributed by atoms with E-state index >= 15 is 0 Å². The minimum absolute atomic E-state index is 0.0358. The van der Waals surface area contributed by atoms with Crippen LogP contribution in [0.1, 0.15) is 27.7 Å². The summed E-state index contributed by atoms with van der Waals surface area (Å²) < 4.78 is 0. The summed E-state index contributed by atoms with van der Waals surface area (Å²) in [7, 11) is 0. The number of carbonyl (C=O) groups is 2. The fourth-order valence-corrected chi connectivity index (χ4v) is 2.92. The normalized spacial score (nSPS) is 20.6. The molecule has 0 spiro atoms. The highest BCUT2D eigenvalue weighted by molar-refractivity contribution is 7.99. The second-order valence-electron chi connectivity index (χ2n) is 6.08. The first-order valence-corrected chi connectivity index (χ1v) is 7.85. The number of nitrogens with zero attached hydrogens (tertiary/aromatic N) is 1. The van der Waals surface area contributed by atoms with Gasteiger partial charge in [-0.15, -0.1) is 0 Å². The van der Waals surface area contributed by atoms with Gasteiger partial charge in [-0.05, 0) is 32.4 Å². The summed E-state index contributed by atoms with van der Waals surface area (Å²) in [5.74, 6) is 2.40. The second-order valence-corrected chi connectivity index (χ2v) is 7.23. The van der Waals surface area contributed by atoms with Gasteiger partial charge in [0.2, 0.25) is 5.91 Å². The third kappa shape index (κ3) is 6.71. The molecule has 0 aromatic carbocycles. The van der Waals surface area contributed by atoms with Gasteiger partial charge in [-0.2, -0.15) is 11.8 Å². The molecule has 1 saturated heterocycles. The summed E-state index contributed by atoms with van der Waals surface area (Å²) in [6, 6.07) is -0.140. The lowest BCUT2D eigenvalue weighted by atomic mass is 10.1. The summed E-state index contributed by atoms with van der Waals surface area (Å²) in [6.07, 6.45) is 0. The zero-order valence-electron chi connectivity index (χ0n) is 12.3. The maximum absolute atomic E-state index is 12.0.